The number of benzene rings is 1. The molecule has 1 aromatic heterocycles. The second kappa shape index (κ2) is 9.55. The number of pyridine rings is 1. The Morgan fingerprint density at radius 2 is 2.08 bits per heavy atom. The largest absolute Gasteiger partial charge is 0.356 e. The van der Waals surface area contributed by atoms with Gasteiger partial charge in [-0.15, -0.1) is 24.0 Å². The van der Waals surface area contributed by atoms with Gasteiger partial charge in [-0.3, -0.25) is 9.98 Å². The van der Waals surface area contributed by atoms with Crippen molar-refractivity contribution < 1.29 is 0 Å². The third-order valence-corrected chi connectivity index (χ3v) is 5.17. The van der Waals surface area contributed by atoms with E-state index in [1.54, 1.807) is 0 Å². The van der Waals surface area contributed by atoms with Crippen LogP contribution in [0.5, 0.6) is 0 Å². The van der Waals surface area contributed by atoms with Crippen molar-refractivity contribution >= 4 is 41.5 Å². The SMILES string of the molecule is CN=C(NCCc1ccncc1C)NCC1(c2cccc(Cl)c2)CC1.I. The summed E-state index contributed by atoms with van der Waals surface area (Å²) in [6, 6.07) is 10.3. The summed E-state index contributed by atoms with van der Waals surface area (Å²) in [5.41, 5.74) is 4.06. The zero-order valence-electron chi connectivity index (χ0n) is 15.3. The smallest absolute Gasteiger partial charge is 0.191 e. The number of nitrogens with one attached hydrogen (secondary N) is 2. The molecule has 1 saturated carbocycles. The van der Waals surface area contributed by atoms with Gasteiger partial charge < -0.3 is 10.6 Å². The van der Waals surface area contributed by atoms with Crippen LogP contribution in [0.4, 0.5) is 0 Å². The predicted octanol–water partition coefficient (Wildman–Crippen LogP) is 4.10. The minimum absolute atomic E-state index is 0. The fourth-order valence-corrected chi connectivity index (χ4v) is 3.30. The molecule has 0 saturated heterocycles. The fraction of sp³-hybridized carbons (Fsp3) is 0.400. The first-order chi connectivity index (χ1) is 12.1. The molecule has 1 fully saturated rings. The van der Waals surface area contributed by atoms with Crippen LogP contribution in [0.15, 0.2) is 47.7 Å². The maximum atomic E-state index is 6.15. The minimum Gasteiger partial charge on any atom is -0.356 e. The van der Waals surface area contributed by atoms with E-state index in [1.165, 1.54) is 29.5 Å². The van der Waals surface area contributed by atoms with Crippen LogP contribution in [0.3, 0.4) is 0 Å². The predicted molar refractivity (Wildman–Crippen MR) is 120 cm³/mol. The molecule has 0 radical (unpaired) electrons. The van der Waals surface area contributed by atoms with Crippen LogP contribution < -0.4 is 10.6 Å². The Labute approximate surface area is 177 Å². The van der Waals surface area contributed by atoms with Crippen molar-refractivity contribution in [2.24, 2.45) is 4.99 Å². The Hall–Kier alpha value is -1.34. The monoisotopic (exact) mass is 484 g/mol. The highest BCUT2D eigenvalue weighted by atomic mass is 127. The van der Waals surface area contributed by atoms with Crippen LogP contribution in [0, 0.1) is 6.92 Å². The standard InChI is InChI=1S/C20H25ClN4.HI/c1-15-13-23-10-6-16(15)7-11-24-19(22-2)25-14-20(8-9-20)17-4-3-5-18(21)12-17;/h3-6,10,12-13H,7-9,11,14H2,1-2H3,(H2,22,24,25);1H. The van der Waals surface area contributed by atoms with Crippen molar-refractivity contribution in [3.63, 3.8) is 0 Å². The lowest BCUT2D eigenvalue weighted by molar-refractivity contribution is 0.645. The minimum atomic E-state index is 0. The van der Waals surface area contributed by atoms with Crippen LogP contribution in [0.2, 0.25) is 5.02 Å². The van der Waals surface area contributed by atoms with E-state index in [1.807, 2.05) is 31.6 Å². The fourth-order valence-electron chi connectivity index (χ4n) is 3.11. The molecule has 0 spiro atoms. The molecule has 1 heterocycles. The normalized spacial score (nSPS) is 15.1. The number of guanidine groups is 1. The first-order valence-electron chi connectivity index (χ1n) is 8.73. The summed E-state index contributed by atoms with van der Waals surface area (Å²) in [7, 11) is 1.81. The zero-order chi connectivity index (χ0) is 17.7. The Morgan fingerprint density at radius 1 is 1.27 bits per heavy atom. The maximum absolute atomic E-state index is 6.15. The molecule has 2 N–H and O–H groups in total. The molecule has 0 atom stereocenters. The van der Waals surface area contributed by atoms with E-state index in [2.05, 4.69) is 45.7 Å². The quantitative estimate of drug-likeness (QED) is 0.369. The number of halogens is 2. The van der Waals surface area contributed by atoms with Gasteiger partial charge in [0, 0.05) is 43.0 Å². The summed E-state index contributed by atoms with van der Waals surface area (Å²) < 4.78 is 0. The number of hydrogen-bond donors (Lipinski definition) is 2. The molecule has 3 rings (SSSR count). The van der Waals surface area contributed by atoms with Crippen molar-refractivity contribution in [1.82, 2.24) is 15.6 Å². The molecule has 0 aliphatic heterocycles. The van der Waals surface area contributed by atoms with Gasteiger partial charge in [-0.2, -0.15) is 0 Å². The van der Waals surface area contributed by atoms with Crippen LogP contribution in [0.25, 0.3) is 0 Å². The average molecular weight is 485 g/mol. The van der Waals surface area contributed by atoms with E-state index in [0.29, 0.717) is 0 Å². The molecule has 26 heavy (non-hydrogen) atoms. The van der Waals surface area contributed by atoms with Gasteiger partial charge in [-0.05, 0) is 61.1 Å². The van der Waals surface area contributed by atoms with Gasteiger partial charge in [-0.1, -0.05) is 23.7 Å². The van der Waals surface area contributed by atoms with Gasteiger partial charge in [-0.25, -0.2) is 0 Å². The Kier molecular flexibility index (Phi) is 7.70. The lowest BCUT2D eigenvalue weighted by Gasteiger charge is -2.19. The number of aryl methyl sites for hydroxylation is 1. The summed E-state index contributed by atoms with van der Waals surface area (Å²) >= 11 is 6.15. The molecule has 140 valence electrons. The van der Waals surface area contributed by atoms with Crippen molar-refractivity contribution in [3.8, 4) is 0 Å². The van der Waals surface area contributed by atoms with E-state index < -0.39 is 0 Å². The molecule has 1 aliphatic carbocycles. The summed E-state index contributed by atoms with van der Waals surface area (Å²) in [4.78, 5) is 8.48. The van der Waals surface area contributed by atoms with Crippen molar-refractivity contribution in [2.75, 3.05) is 20.1 Å². The van der Waals surface area contributed by atoms with Crippen LogP contribution in [-0.4, -0.2) is 31.1 Å². The first-order valence-corrected chi connectivity index (χ1v) is 9.11. The number of rotatable bonds is 6. The summed E-state index contributed by atoms with van der Waals surface area (Å²) in [6.07, 6.45) is 7.08. The number of aromatic nitrogens is 1. The number of nitrogens with zero attached hydrogens (tertiary/aromatic N) is 2. The van der Waals surface area contributed by atoms with Gasteiger partial charge in [0.1, 0.15) is 0 Å². The molecule has 1 aromatic carbocycles. The molecule has 0 bridgehead atoms. The third-order valence-electron chi connectivity index (χ3n) is 4.93. The summed E-state index contributed by atoms with van der Waals surface area (Å²) in [5.74, 6) is 0.847. The molecule has 0 amide bonds. The Balaban J connectivity index is 0.00000243. The zero-order valence-corrected chi connectivity index (χ0v) is 18.3. The number of aliphatic imine (C=N–C) groups is 1. The Morgan fingerprint density at radius 3 is 2.73 bits per heavy atom. The maximum Gasteiger partial charge on any atom is 0.191 e. The lowest BCUT2D eigenvalue weighted by atomic mass is 9.96. The molecular formula is C20H26ClIN4. The van der Waals surface area contributed by atoms with Gasteiger partial charge in [0.25, 0.3) is 0 Å². The van der Waals surface area contributed by atoms with Gasteiger partial charge in [0.15, 0.2) is 5.96 Å². The molecule has 2 aromatic rings. The summed E-state index contributed by atoms with van der Waals surface area (Å²) in [6.45, 7) is 3.81. The molecule has 4 nitrogen and oxygen atoms in total. The van der Waals surface area contributed by atoms with Crippen molar-refractivity contribution in [1.29, 1.82) is 0 Å². The topological polar surface area (TPSA) is 49.3 Å². The highest BCUT2D eigenvalue weighted by Crippen LogP contribution is 2.48. The van der Waals surface area contributed by atoms with Crippen LogP contribution in [-0.2, 0) is 11.8 Å². The van der Waals surface area contributed by atoms with Crippen LogP contribution in [0.1, 0.15) is 29.5 Å². The molecule has 0 unspecified atom stereocenters. The highest BCUT2D eigenvalue weighted by Gasteiger charge is 2.44. The highest BCUT2D eigenvalue weighted by molar-refractivity contribution is 14.0. The van der Waals surface area contributed by atoms with E-state index in [-0.39, 0.29) is 29.4 Å². The van der Waals surface area contributed by atoms with Crippen molar-refractivity contribution in [2.45, 2.75) is 31.6 Å². The lowest BCUT2D eigenvalue weighted by Crippen LogP contribution is -2.42. The van der Waals surface area contributed by atoms with E-state index in [9.17, 15) is 0 Å². The average Bonchev–Trinajstić information content (AvgIpc) is 3.41. The van der Waals surface area contributed by atoms with Crippen molar-refractivity contribution in [3.05, 3.63) is 64.4 Å². The number of hydrogen-bond acceptors (Lipinski definition) is 2. The first kappa shape index (κ1) is 21.0. The second-order valence-corrected chi connectivity index (χ2v) is 7.13. The molecular weight excluding hydrogens is 459 g/mol. The van der Waals surface area contributed by atoms with E-state index >= 15 is 0 Å². The molecule has 1 aliphatic rings. The summed E-state index contributed by atoms with van der Waals surface area (Å²) in [5, 5.41) is 7.68. The van der Waals surface area contributed by atoms with Gasteiger partial charge in [0.2, 0.25) is 0 Å². The Bertz CT molecular complexity index is 759. The third kappa shape index (κ3) is 5.33. The van der Waals surface area contributed by atoms with E-state index in [0.717, 1.165) is 30.5 Å². The van der Waals surface area contributed by atoms with E-state index in [4.69, 9.17) is 11.6 Å². The van der Waals surface area contributed by atoms with Crippen LogP contribution >= 0.6 is 35.6 Å². The molecule has 6 heteroatoms. The van der Waals surface area contributed by atoms with Gasteiger partial charge >= 0.3 is 0 Å². The van der Waals surface area contributed by atoms with Gasteiger partial charge in [0.05, 0.1) is 0 Å². The second-order valence-electron chi connectivity index (χ2n) is 6.70.